The lowest BCUT2D eigenvalue weighted by Gasteiger charge is -2.12. The fraction of sp³-hybridized carbons (Fsp3) is 0.600. The van der Waals surface area contributed by atoms with Gasteiger partial charge in [-0.25, -0.2) is 0 Å². The number of nitrogens with two attached hydrogens (primary N) is 1. The van der Waals surface area contributed by atoms with Gasteiger partial charge < -0.3 is 5.73 Å². The molecule has 0 spiro atoms. The highest BCUT2D eigenvalue weighted by Crippen LogP contribution is 2.27. The van der Waals surface area contributed by atoms with E-state index in [-0.39, 0.29) is 6.04 Å². The van der Waals surface area contributed by atoms with Crippen molar-refractivity contribution in [1.29, 1.82) is 0 Å². The van der Waals surface area contributed by atoms with Crippen molar-refractivity contribution in [3.63, 3.8) is 0 Å². The van der Waals surface area contributed by atoms with E-state index in [1.807, 2.05) is 11.8 Å². The molecule has 1 atom stereocenters. The number of hydrogen-bond acceptors (Lipinski definition) is 2. The van der Waals surface area contributed by atoms with Crippen LogP contribution in [-0.2, 0) is 6.42 Å². The SMILES string of the molecule is CCC(N)Cc1ccc(SCCC(C)C)cc1Br. The summed E-state index contributed by atoms with van der Waals surface area (Å²) in [5.74, 6) is 1.97. The first-order chi connectivity index (χ1) is 8.52. The second-order valence-corrected chi connectivity index (χ2v) is 7.18. The van der Waals surface area contributed by atoms with Crippen LogP contribution < -0.4 is 5.73 Å². The van der Waals surface area contributed by atoms with Gasteiger partial charge in [0.25, 0.3) is 0 Å². The summed E-state index contributed by atoms with van der Waals surface area (Å²) < 4.78 is 1.20. The van der Waals surface area contributed by atoms with Crippen molar-refractivity contribution >= 4 is 27.7 Å². The van der Waals surface area contributed by atoms with Crippen molar-refractivity contribution in [3.8, 4) is 0 Å². The molecule has 1 aromatic rings. The van der Waals surface area contributed by atoms with Gasteiger partial charge >= 0.3 is 0 Å². The molecule has 0 radical (unpaired) electrons. The van der Waals surface area contributed by atoms with Crippen LogP contribution in [0.25, 0.3) is 0 Å². The van der Waals surface area contributed by atoms with Crippen molar-refractivity contribution in [2.45, 2.75) is 51.0 Å². The molecule has 0 aliphatic heterocycles. The summed E-state index contributed by atoms with van der Waals surface area (Å²) in [6.07, 6.45) is 3.25. The zero-order valence-corrected chi connectivity index (χ0v) is 14.0. The van der Waals surface area contributed by atoms with E-state index in [1.54, 1.807) is 0 Å². The van der Waals surface area contributed by atoms with Gasteiger partial charge in [0.1, 0.15) is 0 Å². The van der Waals surface area contributed by atoms with Crippen LogP contribution in [0.4, 0.5) is 0 Å². The number of benzene rings is 1. The molecule has 1 rings (SSSR count). The highest BCUT2D eigenvalue weighted by Gasteiger charge is 2.06. The average Bonchev–Trinajstić information content (AvgIpc) is 2.32. The summed E-state index contributed by atoms with van der Waals surface area (Å²) in [5.41, 5.74) is 7.32. The largest absolute Gasteiger partial charge is 0.327 e. The lowest BCUT2D eigenvalue weighted by atomic mass is 10.1. The molecule has 1 unspecified atom stereocenters. The minimum Gasteiger partial charge on any atom is -0.327 e. The number of halogens is 1. The lowest BCUT2D eigenvalue weighted by molar-refractivity contribution is 0.632. The lowest BCUT2D eigenvalue weighted by Crippen LogP contribution is -2.21. The smallest absolute Gasteiger partial charge is 0.0219 e. The molecule has 0 heterocycles. The van der Waals surface area contributed by atoms with E-state index in [9.17, 15) is 0 Å². The molecule has 0 saturated carbocycles. The van der Waals surface area contributed by atoms with Crippen LogP contribution in [0.1, 0.15) is 39.2 Å². The fourth-order valence-corrected chi connectivity index (χ4v) is 3.51. The third kappa shape index (κ3) is 5.77. The summed E-state index contributed by atoms with van der Waals surface area (Å²) in [7, 11) is 0. The highest BCUT2D eigenvalue weighted by molar-refractivity contribution is 9.10. The van der Waals surface area contributed by atoms with Crippen molar-refractivity contribution in [3.05, 3.63) is 28.2 Å². The Morgan fingerprint density at radius 2 is 2.06 bits per heavy atom. The molecule has 0 saturated heterocycles. The second-order valence-electron chi connectivity index (χ2n) is 5.16. The molecule has 2 N–H and O–H groups in total. The van der Waals surface area contributed by atoms with Crippen LogP contribution in [0, 0.1) is 5.92 Å². The van der Waals surface area contributed by atoms with Gasteiger partial charge in [-0.05, 0) is 48.6 Å². The van der Waals surface area contributed by atoms with E-state index in [2.05, 4.69) is 54.9 Å². The minimum atomic E-state index is 0.265. The quantitative estimate of drug-likeness (QED) is 0.722. The molecular formula is C15H24BrNS. The fourth-order valence-electron chi connectivity index (χ4n) is 1.62. The predicted molar refractivity (Wildman–Crippen MR) is 86.3 cm³/mol. The molecule has 1 nitrogen and oxygen atoms in total. The molecule has 0 aliphatic carbocycles. The predicted octanol–water partition coefficient (Wildman–Crippen LogP) is 4.87. The van der Waals surface area contributed by atoms with E-state index in [4.69, 9.17) is 5.73 Å². The van der Waals surface area contributed by atoms with E-state index in [1.165, 1.54) is 27.1 Å². The Labute approximate surface area is 124 Å². The van der Waals surface area contributed by atoms with E-state index in [0.29, 0.717) is 0 Å². The standard InChI is InChI=1S/C15H24BrNS/c1-4-13(17)9-12-5-6-14(10-15(12)16)18-8-7-11(2)3/h5-6,10-11,13H,4,7-9,17H2,1-3H3. The van der Waals surface area contributed by atoms with Gasteiger partial charge in [0.15, 0.2) is 0 Å². The van der Waals surface area contributed by atoms with Crippen molar-refractivity contribution < 1.29 is 0 Å². The maximum absolute atomic E-state index is 6.00. The minimum absolute atomic E-state index is 0.265. The molecule has 1 aromatic carbocycles. The van der Waals surface area contributed by atoms with E-state index >= 15 is 0 Å². The van der Waals surface area contributed by atoms with Crippen LogP contribution in [-0.4, -0.2) is 11.8 Å². The van der Waals surface area contributed by atoms with Crippen molar-refractivity contribution in [2.24, 2.45) is 11.7 Å². The van der Waals surface area contributed by atoms with Gasteiger partial charge in [-0.1, -0.05) is 42.8 Å². The third-order valence-electron chi connectivity index (χ3n) is 2.99. The summed E-state index contributed by atoms with van der Waals surface area (Å²) in [4.78, 5) is 1.34. The van der Waals surface area contributed by atoms with Gasteiger partial charge in [0, 0.05) is 15.4 Å². The zero-order chi connectivity index (χ0) is 13.5. The molecule has 0 aliphatic rings. The molecule has 0 fully saturated rings. The molecular weight excluding hydrogens is 306 g/mol. The van der Waals surface area contributed by atoms with Gasteiger partial charge in [-0.15, -0.1) is 11.8 Å². The first-order valence-electron chi connectivity index (χ1n) is 6.69. The van der Waals surface area contributed by atoms with Gasteiger partial charge in [-0.2, -0.15) is 0 Å². The third-order valence-corrected chi connectivity index (χ3v) is 4.76. The zero-order valence-electron chi connectivity index (χ0n) is 11.6. The van der Waals surface area contributed by atoms with Crippen LogP contribution in [0.5, 0.6) is 0 Å². The Balaban J connectivity index is 2.56. The van der Waals surface area contributed by atoms with Crippen molar-refractivity contribution in [2.75, 3.05) is 5.75 Å². The summed E-state index contributed by atoms with van der Waals surface area (Å²) in [6.45, 7) is 6.67. The normalized spacial score (nSPS) is 13.0. The van der Waals surface area contributed by atoms with Gasteiger partial charge in [0.2, 0.25) is 0 Å². The molecule has 0 bridgehead atoms. The Hall–Kier alpha value is 0.01000. The van der Waals surface area contributed by atoms with Gasteiger partial charge in [0.05, 0.1) is 0 Å². The van der Waals surface area contributed by atoms with Crippen LogP contribution >= 0.6 is 27.7 Å². The topological polar surface area (TPSA) is 26.0 Å². The maximum atomic E-state index is 6.00. The summed E-state index contributed by atoms with van der Waals surface area (Å²) in [5, 5.41) is 0. The van der Waals surface area contributed by atoms with Crippen LogP contribution in [0.3, 0.4) is 0 Å². The van der Waals surface area contributed by atoms with Crippen molar-refractivity contribution in [1.82, 2.24) is 0 Å². The number of rotatable bonds is 7. The molecule has 0 aromatic heterocycles. The summed E-state index contributed by atoms with van der Waals surface area (Å²) >= 11 is 5.59. The van der Waals surface area contributed by atoms with Crippen LogP contribution in [0.2, 0.25) is 0 Å². The Morgan fingerprint density at radius 3 is 2.61 bits per heavy atom. The van der Waals surface area contributed by atoms with E-state index in [0.717, 1.165) is 18.8 Å². The Bertz CT molecular complexity index is 366. The van der Waals surface area contributed by atoms with Crippen LogP contribution in [0.15, 0.2) is 27.6 Å². The molecule has 0 amide bonds. The van der Waals surface area contributed by atoms with E-state index < -0.39 is 0 Å². The number of hydrogen-bond donors (Lipinski definition) is 1. The maximum Gasteiger partial charge on any atom is 0.0219 e. The first-order valence-corrected chi connectivity index (χ1v) is 8.47. The number of thioether (sulfide) groups is 1. The Kier molecular flexibility index (Phi) is 7.35. The Morgan fingerprint density at radius 1 is 1.33 bits per heavy atom. The monoisotopic (exact) mass is 329 g/mol. The summed E-state index contributed by atoms with van der Waals surface area (Å²) in [6, 6.07) is 6.91. The molecule has 102 valence electrons. The van der Waals surface area contributed by atoms with Gasteiger partial charge in [-0.3, -0.25) is 0 Å². The second kappa shape index (κ2) is 8.23. The molecule has 18 heavy (non-hydrogen) atoms. The first kappa shape index (κ1) is 16.1. The average molecular weight is 330 g/mol. The highest BCUT2D eigenvalue weighted by atomic mass is 79.9. The molecule has 3 heteroatoms.